The van der Waals surface area contributed by atoms with Crippen molar-refractivity contribution in [3.8, 4) is 5.75 Å². The molecule has 0 N–H and O–H groups in total. The summed E-state index contributed by atoms with van der Waals surface area (Å²) in [5.41, 5.74) is 4.54. The van der Waals surface area contributed by atoms with Crippen LogP contribution in [-0.2, 0) is 11.3 Å². The third kappa shape index (κ3) is 3.50. The molecular weight excluding hydrogens is 264 g/mol. The SMILES string of the molecule is COCc1ccccc1C(=O)Oc1cc(C)cc(C)c1C. The van der Waals surface area contributed by atoms with E-state index in [-0.39, 0.29) is 5.97 Å². The molecule has 21 heavy (non-hydrogen) atoms. The van der Waals surface area contributed by atoms with Crippen molar-refractivity contribution in [2.75, 3.05) is 7.11 Å². The predicted octanol–water partition coefficient (Wildman–Crippen LogP) is 3.98. The fourth-order valence-electron chi connectivity index (χ4n) is 2.26. The molecule has 0 atom stereocenters. The number of esters is 1. The first kappa shape index (κ1) is 15.3. The second-order valence-corrected chi connectivity index (χ2v) is 5.18. The van der Waals surface area contributed by atoms with Gasteiger partial charge in [-0.25, -0.2) is 4.79 Å². The molecule has 0 spiro atoms. The van der Waals surface area contributed by atoms with Gasteiger partial charge >= 0.3 is 5.97 Å². The summed E-state index contributed by atoms with van der Waals surface area (Å²) in [6.07, 6.45) is 0. The van der Waals surface area contributed by atoms with Crippen molar-refractivity contribution in [1.82, 2.24) is 0 Å². The molecule has 0 aliphatic carbocycles. The van der Waals surface area contributed by atoms with E-state index in [1.54, 1.807) is 13.2 Å². The van der Waals surface area contributed by atoms with Crippen molar-refractivity contribution in [3.63, 3.8) is 0 Å². The zero-order valence-corrected chi connectivity index (χ0v) is 12.9. The maximum atomic E-state index is 12.4. The molecule has 0 saturated heterocycles. The largest absolute Gasteiger partial charge is 0.423 e. The summed E-state index contributed by atoms with van der Waals surface area (Å²) in [5, 5.41) is 0. The first-order chi connectivity index (χ1) is 10.0. The van der Waals surface area contributed by atoms with Gasteiger partial charge < -0.3 is 9.47 Å². The number of ether oxygens (including phenoxy) is 2. The van der Waals surface area contributed by atoms with Crippen LogP contribution >= 0.6 is 0 Å². The highest BCUT2D eigenvalue weighted by atomic mass is 16.5. The van der Waals surface area contributed by atoms with E-state index in [0.717, 1.165) is 22.3 Å². The van der Waals surface area contributed by atoms with E-state index in [2.05, 4.69) is 6.07 Å². The van der Waals surface area contributed by atoms with Crippen molar-refractivity contribution >= 4 is 5.97 Å². The highest BCUT2D eigenvalue weighted by Gasteiger charge is 2.15. The van der Waals surface area contributed by atoms with Crippen LogP contribution in [0.3, 0.4) is 0 Å². The predicted molar refractivity (Wildman–Crippen MR) is 82.8 cm³/mol. The average molecular weight is 284 g/mol. The Balaban J connectivity index is 2.31. The van der Waals surface area contributed by atoms with Crippen LogP contribution in [0.5, 0.6) is 5.75 Å². The van der Waals surface area contributed by atoms with Crippen LogP contribution in [0.4, 0.5) is 0 Å². The number of carbonyl (C=O) groups is 1. The number of hydrogen-bond donors (Lipinski definition) is 0. The maximum Gasteiger partial charge on any atom is 0.343 e. The fourth-order valence-corrected chi connectivity index (χ4v) is 2.26. The Hall–Kier alpha value is -2.13. The number of rotatable bonds is 4. The van der Waals surface area contributed by atoms with E-state index >= 15 is 0 Å². The first-order valence-corrected chi connectivity index (χ1v) is 6.89. The number of carbonyl (C=O) groups excluding carboxylic acids is 1. The Kier molecular flexibility index (Phi) is 4.76. The molecule has 0 aromatic heterocycles. The van der Waals surface area contributed by atoms with Crippen LogP contribution in [0.2, 0.25) is 0 Å². The maximum absolute atomic E-state index is 12.4. The molecule has 0 unspecified atom stereocenters. The second-order valence-electron chi connectivity index (χ2n) is 5.18. The Morgan fingerprint density at radius 2 is 1.81 bits per heavy atom. The summed E-state index contributed by atoms with van der Waals surface area (Å²) in [7, 11) is 1.61. The molecule has 2 aromatic carbocycles. The Bertz CT molecular complexity index is 660. The topological polar surface area (TPSA) is 35.5 Å². The Morgan fingerprint density at radius 3 is 2.52 bits per heavy atom. The van der Waals surface area contributed by atoms with Crippen molar-refractivity contribution in [1.29, 1.82) is 0 Å². The van der Waals surface area contributed by atoms with Crippen LogP contribution in [0.15, 0.2) is 36.4 Å². The highest BCUT2D eigenvalue weighted by molar-refractivity contribution is 5.92. The number of methoxy groups -OCH3 is 1. The van der Waals surface area contributed by atoms with Gasteiger partial charge in [-0.15, -0.1) is 0 Å². The minimum atomic E-state index is -0.351. The quantitative estimate of drug-likeness (QED) is 0.629. The summed E-state index contributed by atoms with van der Waals surface area (Å²) in [6, 6.07) is 11.3. The third-order valence-corrected chi connectivity index (χ3v) is 3.50. The molecule has 110 valence electrons. The van der Waals surface area contributed by atoms with E-state index < -0.39 is 0 Å². The van der Waals surface area contributed by atoms with Gasteiger partial charge in [0.1, 0.15) is 5.75 Å². The summed E-state index contributed by atoms with van der Waals surface area (Å²) >= 11 is 0. The third-order valence-electron chi connectivity index (χ3n) is 3.50. The van der Waals surface area contributed by atoms with Crippen molar-refractivity contribution in [2.45, 2.75) is 27.4 Å². The number of aryl methyl sites for hydroxylation is 2. The molecule has 0 radical (unpaired) electrons. The van der Waals surface area contributed by atoms with E-state index in [0.29, 0.717) is 17.9 Å². The molecule has 2 aromatic rings. The van der Waals surface area contributed by atoms with E-state index in [4.69, 9.17) is 9.47 Å². The van der Waals surface area contributed by atoms with E-state index in [9.17, 15) is 4.79 Å². The molecule has 3 heteroatoms. The Labute approximate surface area is 125 Å². The molecule has 3 nitrogen and oxygen atoms in total. The van der Waals surface area contributed by atoms with Crippen LogP contribution in [0.25, 0.3) is 0 Å². The van der Waals surface area contributed by atoms with E-state index in [1.165, 1.54) is 0 Å². The molecule has 0 amide bonds. The molecule has 0 bridgehead atoms. The summed E-state index contributed by atoms with van der Waals surface area (Å²) in [6.45, 7) is 6.34. The normalized spacial score (nSPS) is 10.5. The van der Waals surface area contributed by atoms with Gasteiger partial charge in [-0.05, 0) is 55.2 Å². The zero-order valence-electron chi connectivity index (χ0n) is 12.9. The summed E-state index contributed by atoms with van der Waals surface area (Å²) in [5.74, 6) is 0.264. The lowest BCUT2D eigenvalue weighted by atomic mass is 10.1. The second kappa shape index (κ2) is 6.55. The standard InChI is InChI=1S/C18H20O3/c1-12-9-13(2)14(3)17(10-12)21-18(19)16-8-6-5-7-15(16)11-20-4/h5-10H,11H2,1-4H3. The van der Waals surface area contributed by atoms with Crippen LogP contribution < -0.4 is 4.74 Å². The highest BCUT2D eigenvalue weighted by Crippen LogP contribution is 2.24. The molecular formula is C18H20O3. The van der Waals surface area contributed by atoms with Gasteiger partial charge in [0.2, 0.25) is 0 Å². The van der Waals surface area contributed by atoms with Crippen LogP contribution in [0, 0.1) is 20.8 Å². The van der Waals surface area contributed by atoms with Gasteiger partial charge in [0, 0.05) is 7.11 Å². The monoisotopic (exact) mass is 284 g/mol. The van der Waals surface area contributed by atoms with Gasteiger partial charge in [0.15, 0.2) is 0 Å². The summed E-state index contributed by atoms with van der Waals surface area (Å²) in [4.78, 5) is 12.4. The van der Waals surface area contributed by atoms with Crippen LogP contribution in [-0.4, -0.2) is 13.1 Å². The smallest absolute Gasteiger partial charge is 0.343 e. The van der Waals surface area contributed by atoms with Gasteiger partial charge in [-0.2, -0.15) is 0 Å². The van der Waals surface area contributed by atoms with Crippen molar-refractivity contribution in [2.24, 2.45) is 0 Å². The van der Waals surface area contributed by atoms with Gasteiger partial charge in [-0.1, -0.05) is 24.3 Å². The lowest BCUT2D eigenvalue weighted by Gasteiger charge is -2.12. The number of hydrogen-bond acceptors (Lipinski definition) is 3. The average Bonchev–Trinajstić information content (AvgIpc) is 2.45. The summed E-state index contributed by atoms with van der Waals surface area (Å²) < 4.78 is 10.7. The zero-order chi connectivity index (χ0) is 15.4. The van der Waals surface area contributed by atoms with Gasteiger partial charge in [0.05, 0.1) is 12.2 Å². The number of benzene rings is 2. The lowest BCUT2D eigenvalue weighted by molar-refractivity contribution is 0.0728. The van der Waals surface area contributed by atoms with Crippen LogP contribution in [0.1, 0.15) is 32.6 Å². The minimum absolute atomic E-state index is 0.351. The molecule has 2 rings (SSSR count). The fraction of sp³-hybridized carbons (Fsp3) is 0.278. The van der Waals surface area contributed by atoms with E-state index in [1.807, 2.05) is 45.0 Å². The Morgan fingerprint density at radius 1 is 1.10 bits per heavy atom. The first-order valence-electron chi connectivity index (χ1n) is 6.89. The molecule has 0 aliphatic heterocycles. The molecule has 0 saturated carbocycles. The van der Waals surface area contributed by atoms with Crippen molar-refractivity contribution in [3.05, 3.63) is 64.2 Å². The van der Waals surface area contributed by atoms with Gasteiger partial charge in [-0.3, -0.25) is 0 Å². The minimum Gasteiger partial charge on any atom is -0.423 e. The molecule has 0 aliphatic rings. The van der Waals surface area contributed by atoms with Gasteiger partial charge in [0.25, 0.3) is 0 Å². The molecule has 0 fully saturated rings. The lowest BCUT2D eigenvalue weighted by Crippen LogP contribution is -2.12. The van der Waals surface area contributed by atoms with Crippen molar-refractivity contribution < 1.29 is 14.3 Å². The molecule has 0 heterocycles.